The number of carbonyl (C=O) groups excluding carboxylic acids is 1. The molecule has 3 rings (SSSR count). The summed E-state index contributed by atoms with van der Waals surface area (Å²) in [5.41, 5.74) is 2.16. The van der Waals surface area contributed by atoms with Crippen molar-refractivity contribution < 1.29 is 9.90 Å². The summed E-state index contributed by atoms with van der Waals surface area (Å²) < 4.78 is 0. The highest BCUT2D eigenvalue weighted by Crippen LogP contribution is 2.23. The standard InChI is InChI=1S/C15H13ClN4O2/c16-11-6-9(3-4-13(11)21)7-14(22)18-8-12-10-2-1-5-17-15(10)20-19-12/h1-6,21H,7-8H2,(H,18,22)(H,17,19,20). The van der Waals surface area contributed by atoms with E-state index in [1.165, 1.54) is 6.07 Å². The van der Waals surface area contributed by atoms with Crippen molar-refractivity contribution in [2.75, 3.05) is 0 Å². The van der Waals surface area contributed by atoms with Crippen LogP contribution >= 0.6 is 11.6 Å². The normalized spacial score (nSPS) is 10.8. The maximum absolute atomic E-state index is 12.0. The molecule has 0 unspecified atom stereocenters. The van der Waals surface area contributed by atoms with E-state index >= 15 is 0 Å². The fourth-order valence-corrected chi connectivity index (χ4v) is 2.34. The average molecular weight is 317 g/mol. The van der Waals surface area contributed by atoms with E-state index in [2.05, 4.69) is 20.5 Å². The maximum Gasteiger partial charge on any atom is 0.224 e. The third-order valence-electron chi connectivity index (χ3n) is 3.25. The molecular formula is C15H13ClN4O2. The highest BCUT2D eigenvalue weighted by Gasteiger charge is 2.09. The minimum absolute atomic E-state index is 0.00209. The number of rotatable bonds is 4. The molecule has 0 saturated heterocycles. The van der Waals surface area contributed by atoms with Crippen LogP contribution in [0.5, 0.6) is 5.75 Å². The molecule has 0 saturated carbocycles. The largest absolute Gasteiger partial charge is 0.506 e. The van der Waals surface area contributed by atoms with Crippen molar-refractivity contribution in [3.05, 3.63) is 52.8 Å². The number of amides is 1. The van der Waals surface area contributed by atoms with Crippen LogP contribution in [0.1, 0.15) is 11.3 Å². The van der Waals surface area contributed by atoms with Crippen molar-refractivity contribution in [1.82, 2.24) is 20.5 Å². The molecule has 0 bridgehead atoms. The molecule has 0 atom stereocenters. The number of hydrogen-bond donors (Lipinski definition) is 3. The van der Waals surface area contributed by atoms with Gasteiger partial charge in [-0.2, -0.15) is 5.10 Å². The predicted molar refractivity (Wildman–Crippen MR) is 82.6 cm³/mol. The first kappa shape index (κ1) is 14.3. The number of aromatic amines is 1. The summed E-state index contributed by atoms with van der Waals surface area (Å²) in [5, 5.41) is 20.2. The van der Waals surface area contributed by atoms with Crippen molar-refractivity contribution in [2.45, 2.75) is 13.0 Å². The van der Waals surface area contributed by atoms with E-state index in [0.29, 0.717) is 12.2 Å². The van der Waals surface area contributed by atoms with Crippen molar-refractivity contribution in [3.63, 3.8) is 0 Å². The second kappa shape index (κ2) is 6.03. The molecule has 6 nitrogen and oxygen atoms in total. The summed E-state index contributed by atoms with van der Waals surface area (Å²) in [7, 11) is 0. The molecule has 3 N–H and O–H groups in total. The Morgan fingerprint density at radius 3 is 3.05 bits per heavy atom. The molecule has 1 aromatic carbocycles. The molecule has 22 heavy (non-hydrogen) atoms. The Hall–Kier alpha value is -2.60. The van der Waals surface area contributed by atoms with Crippen molar-refractivity contribution >= 4 is 28.5 Å². The minimum atomic E-state index is -0.145. The van der Waals surface area contributed by atoms with Crippen LogP contribution in [0, 0.1) is 0 Å². The van der Waals surface area contributed by atoms with Crippen LogP contribution in [-0.2, 0) is 17.8 Å². The molecule has 0 fully saturated rings. The van der Waals surface area contributed by atoms with Gasteiger partial charge in [-0.15, -0.1) is 0 Å². The van der Waals surface area contributed by atoms with Crippen LogP contribution in [0.2, 0.25) is 5.02 Å². The van der Waals surface area contributed by atoms with Crippen LogP contribution in [0.3, 0.4) is 0 Å². The van der Waals surface area contributed by atoms with E-state index in [0.717, 1.165) is 16.6 Å². The SMILES string of the molecule is O=C(Cc1ccc(O)c(Cl)c1)NCc1[nH]nc2ncccc12. The molecular weight excluding hydrogens is 304 g/mol. The summed E-state index contributed by atoms with van der Waals surface area (Å²) >= 11 is 5.82. The molecule has 0 aliphatic carbocycles. The average Bonchev–Trinajstić information content (AvgIpc) is 2.92. The number of benzene rings is 1. The predicted octanol–water partition coefficient (Wildman–Crippen LogP) is 2.18. The number of nitrogens with zero attached hydrogens (tertiary/aromatic N) is 2. The minimum Gasteiger partial charge on any atom is -0.506 e. The molecule has 112 valence electrons. The third-order valence-corrected chi connectivity index (χ3v) is 3.55. The molecule has 0 spiro atoms. The molecule has 7 heteroatoms. The number of phenols is 1. The van der Waals surface area contributed by atoms with Crippen LogP contribution < -0.4 is 5.32 Å². The Kier molecular flexibility index (Phi) is 3.93. The van der Waals surface area contributed by atoms with E-state index in [4.69, 9.17) is 11.6 Å². The van der Waals surface area contributed by atoms with Gasteiger partial charge < -0.3 is 10.4 Å². The van der Waals surface area contributed by atoms with Crippen molar-refractivity contribution in [3.8, 4) is 5.75 Å². The van der Waals surface area contributed by atoms with Gasteiger partial charge >= 0.3 is 0 Å². The zero-order valence-corrected chi connectivity index (χ0v) is 12.3. The van der Waals surface area contributed by atoms with E-state index in [1.807, 2.05) is 12.1 Å². The number of phenolic OH excluding ortho intramolecular Hbond substituents is 1. The summed E-state index contributed by atoms with van der Waals surface area (Å²) in [4.78, 5) is 16.1. The molecule has 2 heterocycles. The Labute approximate surface area is 131 Å². The van der Waals surface area contributed by atoms with Crippen LogP contribution in [0.4, 0.5) is 0 Å². The topological polar surface area (TPSA) is 90.9 Å². The first-order valence-corrected chi connectivity index (χ1v) is 7.03. The van der Waals surface area contributed by atoms with E-state index < -0.39 is 0 Å². The number of aromatic hydroxyl groups is 1. The fourth-order valence-electron chi connectivity index (χ4n) is 2.13. The summed E-state index contributed by atoms with van der Waals surface area (Å²) in [5.74, 6) is -0.143. The van der Waals surface area contributed by atoms with Gasteiger partial charge in [0.2, 0.25) is 5.91 Å². The van der Waals surface area contributed by atoms with Gasteiger partial charge in [-0.05, 0) is 29.8 Å². The Morgan fingerprint density at radius 1 is 1.36 bits per heavy atom. The fraction of sp³-hybridized carbons (Fsp3) is 0.133. The number of pyridine rings is 1. The van der Waals surface area contributed by atoms with Crippen molar-refractivity contribution in [1.29, 1.82) is 0 Å². The van der Waals surface area contributed by atoms with Gasteiger partial charge in [0.05, 0.1) is 23.7 Å². The smallest absolute Gasteiger partial charge is 0.224 e. The monoisotopic (exact) mass is 316 g/mol. The second-order valence-electron chi connectivity index (χ2n) is 4.82. The van der Waals surface area contributed by atoms with Crippen molar-refractivity contribution in [2.24, 2.45) is 0 Å². The van der Waals surface area contributed by atoms with Gasteiger partial charge in [-0.25, -0.2) is 4.98 Å². The molecule has 0 aliphatic heterocycles. The van der Waals surface area contributed by atoms with E-state index in [1.54, 1.807) is 18.3 Å². The molecule has 2 aromatic heterocycles. The van der Waals surface area contributed by atoms with Gasteiger partial charge in [0.1, 0.15) is 5.75 Å². The van der Waals surface area contributed by atoms with Gasteiger partial charge in [0.15, 0.2) is 5.65 Å². The quantitative estimate of drug-likeness (QED) is 0.688. The molecule has 3 aromatic rings. The number of hydrogen-bond acceptors (Lipinski definition) is 4. The maximum atomic E-state index is 12.0. The first-order chi connectivity index (χ1) is 10.6. The van der Waals surface area contributed by atoms with E-state index in [9.17, 15) is 9.90 Å². The molecule has 0 radical (unpaired) electrons. The summed E-state index contributed by atoms with van der Waals surface area (Å²) in [6, 6.07) is 8.43. The van der Waals surface area contributed by atoms with Gasteiger partial charge in [-0.3, -0.25) is 9.89 Å². The van der Waals surface area contributed by atoms with Crippen LogP contribution in [0.25, 0.3) is 11.0 Å². The van der Waals surface area contributed by atoms with Gasteiger partial charge in [0.25, 0.3) is 0 Å². The number of carbonyl (C=O) groups is 1. The summed E-state index contributed by atoms with van der Waals surface area (Å²) in [6.45, 7) is 0.340. The third kappa shape index (κ3) is 3.01. The van der Waals surface area contributed by atoms with E-state index in [-0.39, 0.29) is 23.1 Å². The lowest BCUT2D eigenvalue weighted by Gasteiger charge is -2.05. The van der Waals surface area contributed by atoms with Gasteiger partial charge in [0, 0.05) is 11.6 Å². The Balaban J connectivity index is 1.63. The van der Waals surface area contributed by atoms with Gasteiger partial charge in [-0.1, -0.05) is 17.7 Å². The lowest BCUT2D eigenvalue weighted by Crippen LogP contribution is -2.24. The highest BCUT2D eigenvalue weighted by molar-refractivity contribution is 6.32. The first-order valence-electron chi connectivity index (χ1n) is 6.65. The highest BCUT2D eigenvalue weighted by atomic mass is 35.5. The second-order valence-corrected chi connectivity index (χ2v) is 5.22. The molecule has 1 amide bonds. The lowest BCUT2D eigenvalue weighted by atomic mass is 10.1. The Bertz CT molecular complexity index is 831. The number of fused-ring (bicyclic) bond motifs is 1. The van der Waals surface area contributed by atoms with Crippen LogP contribution in [0.15, 0.2) is 36.5 Å². The van der Waals surface area contributed by atoms with Crippen LogP contribution in [-0.4, -0.2) is 26.2 Å². The lowest BCUT2D eigenvalue weighted by molar-refractivity contribution is -0.120. The number of H-pyrrole nitrogens is 1. The summed E-state index contributed by atoms with van der Waals surface area (Å²) in [6.07, 6.45) is 1.85. The number of nitrogens with one attached hydrogen (secondary N) is 2. The molecule has 0 aliphatic rings. The number of aromatic nitrogens is 3. The number of halogens is 1. The zero-order valence-electron chi connectivity index (χ0n) is 11.5. The zero-order chi connectivity index (χ0) is 15.5. The Morgan fingerprint density at radius 2 is 2.23 bits per heavy atom.